The van der Waals surface area contributed by atoms with Gasteiger partial charge in [0, 0.05) is 0 Å². The number of methoxy groups -OCH3 is 2. The van der Waals surface area contributed by atoms with Crippen LogP contribution < -0.4 is 0 Å². The van der Waals surface area contributed by atoms with Gasteiger partial charge in [0.25, 0.3) is 0 Å². The van der Waals surface area contributed by atoms with Gasteiger partial charge in [0.1, 0.15) is 0 Å². The maximum atomic E-state index is 12.8. The van der Waals surface area contributed by atoms with Gasteiger partial charge in [0.2, 0.25) is 0 Å². The van der Waals surface area contributed by atoms with Crippen LogP contribution in [-0.4, -0.2) is 26.2 Å². The van der Waals surface area contributed by atoms with E-state index >= 15 is 0 Å². The van der Waals surface area contributed by atoms with Gasteiger partial charge in [-0.15, -0.1) is 0 Å². The van der Waals surface area contributed by atoms with Gasteiger partial charge in [-0.05, 0) is 0 Å². The van der Waals surface area contributed by atoms with Crippen molar-refractivity contribution in [2.75, 3.05) is 14.2 Å². The SMILES string of the molecule is COC(=O)[C]12[CH]3[CH]4[CH]5[CH]1[Fe]45321678[CH]2[CH]1[C]6(C(=O)OC)[CH]7[C]28C. The second kappa shape index (κ2) is 0.673. The van der Waals surface area contributed by atoms with Crippen molar-refractivity contribution in [1.29, 1.82) is 0 Å². The molecule has 10 aliphatic rings. The molecule has 0 aromatic carbocycles. The predicted octanol–water partition coefficient (Wildman–Crippen LogP) is 2.85. The van der Waals surface area contributed by atoms with Gasteiger partial charge in [-0.3, -0.25) is 0 Å². The fourth-order valence-corrected chi connectivity index (χ4v) is 97.5. The first kappa shape index (κ1) is 8.19. The fraction of sp³-hybridized carbons (Fsp3) is 0.867. The summed E-state index contributed by atoms with van der Waals surface area (Å²) >= 11 is 0. The summed E-state index contributed by atoms with van der Waals surface area (Å²) in [7, 11) is 3.11. The Morgan fingerprint density at radius 3 is 1.80 bits per heavy atom. The summed E-state index contributed by atoms with van der Waals surface area (Å²) in [5.74, 6) is 0.210. The van der Waals surface area contributed by atoms with Gasteiger partial charge < -0.3 is 0 Å². The Kier molecular flexibility index (Phi) is 0.275. The molecule has 0 saturated carbocycles. The Bertz CT molecular complexity index is 1200. The van der Waals surface area contributed by atoms with E-state index in [4.69, 9.17) is 9.47 Å². The number of esters is 2. The first-order valence-corrected chi connectivity index (χ1v) is 13.8. The summed E-state index contributed by atoms with van der Waals surface area (Å²) < 4.78 is 11.0. The van der Waals surface area contributed by atoms with E-state index in [1.165, 1.54) is 0 Å². The van der Waals surface area contributed by atoms with Gasteiger partial charge in [-0.1, -0.05) is 0 Å². The molecular weight excluding hydrogens is 300 g/mol. The van der Waals surface area contributed by atoms with Gasteiger partial charge in [-0.25, -0.2) is 0 Å². The third kappa shape index (κ3) is 0.0731. The molecule has 0 amide bonds. The molecule has 9 atom stereocenters. The van der Waals surface area contributed by atoms with Crippen molar-refractivity contribution in [1.82, 2.24) is 0 Å². The molecule has 5 heteroatoms. The number of carbonyl (C=O) groups is 2. The molecule has 0 aliphatic carbocycles. The first-order valence-electron chi connectivity index (χ1n) is 7.66. The van der Waals surface area contributed by atoms with Gasteiger partial charge in [0.05, 0.1) is 0 Å². The Hall–Kier alpha value is -0.541. The van der Waals surface area contributed by atoms with Crippen molar-refractivity contribution in [2.45, 2.75) is 53.6 Å². The molecule has 0 aromatic heterocycles. The van der Waals surface area contributed by atoms with Crippen molar-refractivity contribution in [2.24, 2.45) is 0 Å². The van der Waals surface area contributed by atoms with E-state index in [1.54, 1.807) is 14.2 Å². The molecule has 108 valence electrons. The molecule has 10 fully saturated rings. The summed E-state index contributed by atoms with van der Waals surface area (Å²) in [6.45, 7) is -1.59. The van der Waals surface area contributed by atoms with Crippen LogP contribution in [0.15, 0.2) is 0 Å². The summed E-state index contributed by atoms with van der Waals surface area (Å²) in [6.07, 6.45) is 0. The Balaban J connectivity index is 1.60. The van der Waals surface area contributed by atoms with Crippen molar-refractivity contribution in [3.63, 3.8) is 0 Å². The number of rotatable bonds is 2. The van der Waals surface area contributed by atoms with Crippen LogP contribution >= 0.6 is 0 Å². The molecule has 0 N–H and O–H groups in total. The normalized spacial score (nSPS) is 110. The van der Waals surface area contributed by atoms with E-state index in [-0.39, 0.29) is 20.6 Å². The number of ether oxygens (including phenoxy) is 2. The second-order valence-corrected chi connectivity index (χ2v) is 34.4. The zero-order valence-corrected chi connectivity index (χ0v) is 12.6. The minimum atomic E-state index is -4.09. The van der Waals surface area contributed by atoms with Crippen LogP contribution in [0.2, 0.25) is 46.7 Å². The Morgan fingerprint density at radius 1 is 0.900 bits per heavy atom. The van der Waals surface area contributed by atoms with Crippen molar-refractivity contribution in [3.8, 4) is 0 Å². The molecule has 4 nitrogen and oxygen atoms in total. The van der Waals surface area contributed by atoms with Gasteiger partial charge in [-0.2, -0.15) is 0 Å². The number of hydrogen-bond acceptors (Lipinski definition) is 4. The van der Waals surface area contributed by atoms with E-state index in [2.05, 4.69) is 6.92 Å². The maximum absolute atomic E-state index is 12.8. The molecule has 1 spiro atoms. The third-order valence-corrected chi connectivity index (χ3v) is 61.0. The van der Waals surface area contributed by atoms with Crippen molar-refractivity contribution >= 4 is 11.9 Å². The molecular formula is C15H16FeO4. The second-order valence-electron chi connectivity index (χ2n) is 11.2. The topological polar surface area (TPSA) is 52.6 Å². The van der Waals surface area contributed by atoms with Crippen LogP contribution in [0.5, 0.6) is 0 Å². The quantitative estimate of drug-likeness (QED) is 0.581. The monoisotopic (exact) mass is 316 g/mol. The number of hydrogen-bond donors (Lipinski definition) is 0. The minimum absolute atomic E-state index is 0.0541. The molecule has 0 radical (unpaired) electrons. The van der Waals surface area contributed by atoms with Crippen LogP contribution in [0.25, 0.3) is 0 Å². The molecule has 0 bridgehead atoms. The molecule has 0 aromatic rings. The molecule has 10 heterocycles. The fourth-order valence-electron chi connectivity index (χ4n) is 19.4. The van der Waals surface area contributed by atoms with E-state index in [9.17, 15) is 9.59 Å². The molecule has 9 unspecified atom stereocenters. The molecule has 20 heavy (non-hydrogen) atoms. The van der Waals surface area contributed by atoms with E-state index in [1.807, 2.05) is 0 Å². The van der Waals surface area contributed by atoms with Crippen LogP contribution in [0, 0.1) is 0 Å². The summed E-state index contributed by atoms with van der Waals surface area (Å²) in [4.78, 5) is 31.0. The summed E-state index contributed by atoms with van der Waals surface area (Å²) in [6, 6.07) is 0. The average molecular weight is 316 g/mol. The molecule has 10 aliphatic heterocycles. The number of carbonyl (C=O) groups excluding carboxylic acids is 2. The number of fused-ring (bicyclic) bond motifs is 10. The standard InChI is InChI=1S/C8H9O2.C7H7O2.Fe/c1-6-3-4-7(5-6)8(9)10-2;1-9-7(8)6-4-2-3-5-6;/h3-5H,1-2H3;2-5H,1H3;. The molecule has 10 saturated heterocycles. The van der Waals surface area contributed by atoms with Crippen LogP contribution in [0.4, 0.5) is 0 Å². The van der Waals surface area contributed by atoms with Crippen LogP contribution in [0.1, 0.15) is 6.92 Å². The van der Waals surface area contributed by atoms with E-state index in [0.717, 1.165) is 14.4 Å². The predicted molar refractivity (Wildman–Crippen MR) is 64.0 cm³/mol. The van der Waals surface area contributed by atoms with E-state index in [0.29, 0.717) is 23.6 Å². The van der Waals surface area contributed by atoms with Crippen LogP contribution in [0.3, 0.4) is 0 Å². The van der Waals surface area contributed by atoms with Gasteiger partial charge >= 0.3 is 105 Å². The zero-order valence-electron chi connectivity index (χ0n) is 11.5. The average Bonchev–Trinajstić information content (AvgIpc) is 3.39. The Labute approximate surface area is 105 Å². The van der Waals surface area contributed by atoms with Crippen molar-refractivity contribution in [3.05, 3.63) is 0 Å². The van der Waals surface area contributed by atoms with Gasteiger partial charge in [0.15, 0.2) is 0 Å². The zero-order chi connectivity index (χ0) is 13.4. The Morgan fingerprint density at radius 2 is 1.45 bits per heavy atom. The summed E-state index contributed by atoms with van der Waals surface area (Å²) in [5, 5.41) is 0. The van der Waals surface area contributed by atoms with E-state index < -0.39 is 6.51 Å². The van der Waals surface area contributed by atoms with Crippen molar-refractivity contribution < 1.29 is 25.6 Å². The third-order valence-electron chi connectivity index (χ3n) is 16.6. The van der Waals surface area contributed by atoms with Crippen LogP contribution in [-0.2, 0) is 25.6 Å². The molecule has 10 rings (SSSR count). The summed E-state index contributed by atoms with van der Waals surface area (Å²) in [5.41, 5.74) is 0. The first-order chi connectivity index (χ1) is 9.28.